The highest BCUT2D eigenvalue weighted by atomic mass is 32.2. The maximum atomic E-state index is 13.1. The van der Waals surface area contributed by atoms with Crippen molar-refractivity contribution in [1.82, 2.24) is 18.4 Å². The second-order valence-corrected chi connectivity index (χ2v) is 9.87. The fourth-order valence-electron chi connectivity index (χ4n) is 4.56. The lowest BCUT2D eigenvalue weighted by molar-refractivity contribution is 0.186. The van der Waals surface area contributed by atoms with Gasteiger partial charge in [-0.1, -0.05) is 30.3 Å². The summed E-state index contributed by atoms with van der Waals surface area (Å²) in [7, 11) is -1.89. The van der Waals surface area contributed by atoms with Gasteiger partial charge in [0.15, 0.2) is 5.03 Å². The van der Waals surface area contributed by atoms with Gasteiger partial charge in [0.1, 0.15) is 0 Å². The molecule has 2 atom stereocenters. The number of hydrogen-bond acceptors (Lipinski definition) is 4. The zero-order valence-electron chi connectivity index (χ0n) is 16.1. The SMILES string of the molecule is Cn1cnc(S(=O)(=O)N2C[C@@H]3C[C@H](C2)c2cc(-c4ccccc4)cc(=O)n2C3)c1. The number of aromatic nitrogens is 3. The predicted octanol–water partition coefficient (Wildman–Crippen LogP) is 2.06. The van der Waals surface area contributed by atoms with Gasteiger partial charge in [0.2, 0.25) is 0 Å². The molecule has 1 fully saturated rings. The van der Waals surface area contributed by atoms with Crippen molar-refractivity contribution in [3.8, 4) is 11.1 Å². The molecule has 7 nitrogen and oxygen atoms in total. The summed E-state index contributed by atoms with van der Waals surface area (Å²) in [5, 5.41) is 0.0791. The highest BCUT2D eigenvalue weighted by Crippen LogP contribution is 2.38. The Hall–Kier alpha value is -2.71. The Bertz CT molecular complexity index is 1230. The van der Waals surface area contributed by atoms with E-state index in [4.69, 9.17) is 0 Å². The van der Waals surface area contributed by atoms with Gasteiger partial charge in [-0.05, 0) is 29.5 Å². The van der Waals surface area contributed by atoms with E-state index in [1.807, 2.05) is 34.9 Å². The van der Waals surface area contributed by atoms with Crippen LogP contribution in [0.15, 0.2) is 64.8 Å². The molecule has 4 heterocycles. The topological polar surface area (TPSA) is 77.2 Å². The number of hydrogen-bond donors (Lipinski definition) is 0. The largest absolute Gasteiger partial charge is 0.339 e. The number of pyridine rings is 1. The van der Waals surface area contributed by atoms with E-state index in [0.29, 0.717) is 19.6 Å². The Morgan fingerprint density at radius 2 is 1.83 bits per heavy atom. The average molecular weight is 410 g/mol. The molecule has 0 aliphatic carbocycles. The normalized spacial score (nSPS) is 21.7. The molecule has 2 bridgehead atoms. The molecule has 150 valence electrons. The van der Waals surface area contributed by atoms with Crippen molar-refractivity contribution in [2.24, 2.45) is 13.0 Å². The fraction of sp³-hybridized carbons (Fsp3) is 0.333. The van der Waals surface area contributed by atoms with Crippen LogP contribution in [-0.4, -0.2) is 39.9 Å². The van der Waals surface area contributed by atoms with Crippen molar-refractivity contribution in [2.45, 2.75) is 23.9 Å². The number of aryl methyl sites for hydroxylation is 1. The molecule has 5 rings (SSSR count). The van der Waals surface area contributed by atoms with Gasteiger partial charge in [-0.3, -0.25) is 4.79 Å². The van der Waals surface area contributed by atoms with Crippen LogP contribution in [0.5, 0.6) is 0 Å². The third-order valence-corrected chi connectivity index (χ3v) is 7.63. The van der Waals surface area contributed by atoms with Gasteiger partial charge >= 0.3 is 0 Å². The van der Waals surface area contributed by atoms with Gasteiger partial charge in [-0.25, -0.2) is 13.4 Å². The molecule has 1 aromatic carbocycles. The molecule has 2 aliphatic rings. The molecular weight excluding hydrogens is 388 g/mol. The van der Waals surface area contributed by atoms with Crippen molar-refractivity contribution in [2.75, 3.05) is 13.1 Å². The zero-order valence-corrected chi connectivity index (χ0v) is 16.9. The Balaban J connectivity index is 1.53. The van der Waals surface area contributed by atoms with E-state index in [1.165, 1.54) is 16.8 Å². The molecule has 8 heteroatoms. The van der Waals surface area contributed by atoms with Crippen LogP contribution in [0.3, 0.4) is 0 Å². The molecule has 3 aromatic rings. The number of sulfonamides is 1. The second-order valence-electron chi connectivity index (χ2n) is 7.98. The smallest absolute Gasteiger partial charge is 0.262 e. The van der Waals surface area contributed by atoms with Crippen LogP contribution in [0.2, 0.25) is 0 Å². The lowest BCUT2D eigenvalue weighted by atomic mass is 9.83. The summed E-state index contributed by atoms with van der Waals surface area (Å²) in [4.78, 5) is 16.9. The number of fused-ring (bicyclic) bond motifs is 4. The number of nitrogens with zero attached hydrogens (tertiary/aromatic N) is 4. The van der Waals surface area contributed by atoms with E-state index in [-0.39, 0.29) is 22.4 Å². The predicted molar refractivity (Wildman–Crippen MR) is 109 cm³/mol. The summed E-state index contributed by atoms with van der Waals surface area (Å²) < 4.78 is 31.2. The number of rotatable bonds is 3. The number of imidazole rings is 1. The summed E-state index contributed by atoms with van der Waals surface area (Å²) >= 11 is 0. The van der Waals surface area contributed by atoms with Crippen molar-refractivity contribution in [3.05, 3.63) is 71.0 Å². The monoisotopic (exact) mass is 410 g/mol. The molecular formula is C21H22N4O3S. The first-order valence-electron chi connectivity index (χ1n) is 9.70. The van der Waals surface area contributed by atoms with E-state index in [9.17, 15) is 13.2 Å². The highest BCUT2D eigenvalue weighted by molar-refractivity contribution is 7.89. The van der Waals surface area contributed by atoms with Gasteiger partial charge in [0.25, 0.3) is 15.6 Å². The first-order valence-corrected chi connectivity index (χ1v) is 11.1. The van der Waals surface area contributed by atoms with Crippen LogP contribution in [0.1, 0.15) is 18.0 Å². The Morgan fingerprint density at radius 3 is 2.55 bits per heavy atom. The van der Waals surface area contributed by atoms with E-state index in [2.05, 4.69) is 11.1 Å². The quantitative estimate of drug-likeness (QED) is 0.662. The molecule has 0 saturated carbocycles. The summed E-state index contributed by atoms with van der Waals surface area (Å²) in [6, 6.07) is 13.5. The van der Waals surface area contributed by atoms with Crippen molar-refractivity contribution in [1.29, 1.82) is 0 Å². The van der Waals surface area contributed by atoms with Crippen molar-refractivity contribution < 1.29 is 8.42 Å². The number of piperidine rings is 1. The van der Waals surface area contributed by atoms with Crippen LogP contribution in [0.25, 0.3) is 11.1 Å². The standard InChI is InChI=1S/C21H22N4O3S/c1-23-13-20(22-14-23)29(27,28)24-10-15-7-18(12-24)19-8-17(9-21(26)25(19)11-15)16-5-3-2-4-6-16/h2-6,8-9,13-15,18H,7,10-12H2,1H3/t15-,18+/m0/s1. The summed E-state index contributed by atoms with van der Waals surface area (Å²) in [6.07, 6.45) is 3.93. The average Bonchev–Trinajstić information content (AvgIpc) is 3.16. The molecule has 0 radical (unpaired) electrons. The van der Waals surface area contributed by atoms with Gasteiger partial charge in [-0.15, -0.1) is 0 Å². The minimum Gasteiger partial charge on any atom is -0.339 e. The van der Waals surface area contributed by atoms with Gasteiger partial charge in [-0.2, -0.15) is 4.31 Å². The molecule has 29 heavy (non-hydrogen) atoms. The molecule has 0 spiro atoms. The van der Waals surface area contributed by atoms with Crippen LogP contribution in [0.4, 0.5) is 0 Å². The number of benzene rings is 1. The van der Waals surface area contributed by atoms with Crippen LogP contribution < -0.4 is 5.56 Å². The van der Waals surface area contributed by atoms with Crippen molar-refractivity contribution in [3.63, 3.8) is 0 Å². The van der Waals surface area contributed by atoms with E-state index < -0.39 is 10.0 Å². The molecule has 1 saturated heterocycles. The van der Waals surface area contributed by atoms with Gasteiger partial charge in [0.05, 0.1) is 6.33 Å². The van der Waals surface area contributed by atoms with Gasteiger partial charge < -0.3 is 9.13 Å². The van der Waals surface area contributed by atoms with E-state index in [1.54, 1.807) is 17.7 Å². The van der Waals surface area contributed by atoms with E-state index in [0.717, 1.165) is 23.2 Å². The van der Waals surface area contributed by atoms with E-state index >= 15 is 0 Å². The molecule has 0 amide bonds. The third-order valence-electron chi connectivity index (χ3n) is 5.92. The summed E-state index contributed by atoms with van der Waals surface area (Å²) in [5.41, 5.74) is 2.78. The van der Waals surface area contributed by atoms with Crippen LogP contribution in [0, 0.1) is 5.92 Å². The zero-order chi connectivity index (χ0) is 20.2. The summed E-state index contributed by atoms with van der Waals surface area (Å²) in [6.45, 7) is 1.34. The molecule has 0 N–H and O–H groups in total. The fourth-order valence-corrected chi connectivity index (χ4v) is 6.09. The van der Waals surface area contributed by atoms with Crippen LogP contribution >= 0.6 is 0 Å². The Kier molecular flexibility index (Phi) is 4.22. The lowest BCUT2D eigenvalue weighted by Gasteiger charge is -2.42. The maximum absolute atomic E-state index is 13.1. The minimum absolute atomic E-state index is 0.00245. The van der Waals surface area contributed by atoms with Crippen LogP contribution in [-0.2, 0) is 23.6 Å². The summed E-state index contributed by atoms with van der Waals surface area (Å²) in [5.74, 6) is 0.123. The van der Waals surface area contributed by atoms with Crippen molar-refractivity contribution >= 4 is 10.0 Å². The Labute approximate surface area is 169 Å². The molecule has 0 unspecified atom stereocenters. The minimum atomic E-state index is -3.64. The molecule has 2 aromatic heterocycles. The maximum Gasteiger partial charge on any atom is 0.262 e. The first kappa shape index (κ1) is 18.3. The molecule has 2 aliphatic heterocycles. The highest BCUT2D eigenvalue weighted by Gasteiger charge is 2.40. The third kappa shape index (κ3) is 3.12. The lowest BCUT2D eigenvalue weighted by Crippen LogP contribution is -2.49. The Morgan fingerprint density at radius 1 is 1.03 bits per heavy atom. The second kappa shape index (κ2) is 6.67. The van der Waals surface area contributed by atoms with Gasteiger partial charge in [0, 0.05) is 50.6 Å². The first-order chi connectivity index (χ1) is 13.9.